The molecule has 0 radical (unpaired) electrons. The molecule has 0 aliphatic heterocycles. The summed E-state index contributed by atoms with van der Waals surface area (Å²) in [6.45, 7) is 0.561. The van der Waals surface area contributed by atoms with E-state index in [-0.39, 0.29) is 5.82 Å². The summed E-state index contributed by atoms with van der Waals surface area (Å²) in [6, 6.07) is 4.55. The van der Waals surface area contributed by atoms with Gasteiger partial charge in [-0.3, -0.25) is 0 Å². The van der Waals surface area contributed by atoms with Crippen molar-refractivity contribution in [3.05, 3.63) is 46.4 Å². The monoisotopic (exact) mass is 281 g/mol. The Morgan fingerprint density at radius 1 is 1.39 bits per heavy atom. The molecule has 0 fully saturated rings. The van der Waals surface area contributed by atoms with Crippen molar-refractivity contribution in [1.82, 2.24) is 14.5 Å². The molecule has 1 aromatic carbocycles. The third-order valence-corrected chi connectivity index (χ3v) is 3.59. The van der Waals surface area contributed by atoms with Gasteiger partial charge in [0, 0.05) is 5.38 Å². The van der Waals surface area contributed by atoms with Crippen LogP contribution in [0.25, 0.3) is 11.0 Å². The zero-order chi connectivity index (χ0) is 12.5. The second kappa shape index (κ2) is 4.66. The Balaban J connectivity index is 2.15. The topological polar surface area (TPSA) is 30.7 Å². The maximum absolute atomic E-state index is 13.3. The molecule has 0 atom stereocenters. The second-order valence-corrected chi connectivity index (χ2v) is 4.85. The number of imidazole rings is 1. The van der Waals surface area contributed by atoms with Crippen LogP contribution in [0.5, 0.6) is 0 Å². The molecule has 3 rings (SSSR count). The number of aromatic nitrogens is 3. The maximum atomic E-state index is 13.3. The van der Waals surface area contributed by atoms with Gasteiger partial charge >= 0.3 is 0 Å². The maximum Gasteiger partial charge on any atom is 0.125 e. The molecule has 0 saturated heterocycles. The van der Waals surface area contributed by atoms with Gasteiger partial charge in [0.2, 0.25) is 0 Å². The van der Waals surface area contributed by atoms with Crippen molar-refractivity contribution in [3.8, 4) is 0 Å². The lowest BCUT2D eigenvalue weighted by Gasteiger charge is -2.05. The number of halogens is 2. The summed E-state index contributed by atoms with van der Waals surface area (Å²) in [4.78, 5) is 8.62. The smallest absolute Gasteiger partial charge is 0.125 e. The van der Waals surface area contributed by atoms with Crippen LogP contribution in [0.15, 0.2) is 29.1 Å². The summed E-state index contributed by atoms with van der Waals surface area (Å²) in [7, 11) is 0. The largest absolute Gasteiger partial charge is 0.321 e. The molecule has 92 valence electrons. The van der Waals surface area contributed by atoms with Crippen molar-refractivity contribution in [2.45, 2.75) is 12.4 Å². The van der Waals surface area contributed by atoms with E-state index in [2.05, 4.69) is 9.97 Å². The molecule has 0 N–H and O–H groups in total. The molecule has 0 bridgehead atoms. The van der Waals surface area contributed by atoms with Crippen molar-refractivity contribution >= 4 is 34.0 Å². The first kappa shape index (κ1) is 11.6. The Labute approximate surface area is 112 Å². The Bertz CT molecular complexity index is 678. The summed E-state index contributed by atoms with van der Waals surface area (Å²) in [6.07, 6.45) is 0. The Morgan fingerprint density at radius 2 is 2.28 bits per heavy atom. The van der Waals surface area contributed by atoms with Gasteiger partial charge in [0.05, 0.1) is 34.7 Å². The summed E-state index contributed by atoms with van der Waals surface area (Å²) >= 11 is 7.42. The van der Waals surface area contributed by atoms with E-state index in [1.165, 1.54) is 23.5 Å². The third kappa shape index (κ3) is 2.00. The SMILES string of the molecule is Fc1ccc2nc(CCl)n(Cc3cscn3)c2c1. The number of hydrogen-bond acceptors (Lipinski definition) is 3. The van der Waals surface area contributed by atoms with Crippen LogP contribution >= 0.6 is 22.9 Å². The lowest BCUT2D eigenvalue weighted by Crippen LogP contribution is -2.04. The van der Waals surface area contributed by atoms with Crippen LogP contribution in [0, 0.1) is 5.82 Å². The number of hydrogen-bond donors (Lipinski definition) is 0. The van der Waals surface area contributed by atoms with Crippen LogP contribution in [-0.2, 0) is 12.4 Å². The summed E-state index contributed by atoms with van der Waals surface area (Å²) < 4.78 is 15.2. The van der Waals surface area contributed by atoms with Gasteiger partial charge in [-0.15, -0.1) is 22.9 Å². The van der Waals surface area contributed by atoms with E-state index in [0.29, 0.717) is 12.4 Å². The molecule has 3 nitrogen and oxygen atoms in total. The zero-order valence-corrected chi connectivity index (χ0v) is 10.9. The zero-order valence-electron chi connectivity index (χ0n) is 9.31. The molecule has 2 heterocycles. The highest BCUT2D eigenvalue weighted by Crippen LogP contribution is 2.20. The molecular weight excluding hydrogens is 273 g/mol. The molecule has 6 heteroatoms. The first-order valence-corrected chi connectivity index (χ1v) is 6.83. The average Bonchev–Trinajstić information content (AvgIpc) is 2.98. The van der Waals surface area contributed by atoms with E-state index < -0.39 is 0 Å². The number of rotatable bonds is 3. The minimum atomic E-state index is -0.275. The number of benzene rings is 1. The van der Waals surface area contributed by atoms with Gasteiger partial charge in [-0.2, -0.15) is 0 Å². The van der Waals surface area contributed by atoms with Crippen LogP contribution in [0.4, 0.5) is 4.39 Å². The van der Waals surface area contributed by atoms with Gasteiger partial charge in [0.25, 0.3) is 0 Å². The van der Waals surface area contributed by atoms with Crippen LogP contribution < -0.4 is 0 Å². The highest BCUT2D eigenvalue weighted by Gasteiger charge is 2.11. The number of thiazole rings is 1. The molecule has 0 aliphatic rings. The van der Waals surface area contributed by atoms with E-state index >= 15 is 0 Å². The Kier molecular flexibility index (Phi) is 3.01. The van der Waals surface area contributed by atoms with E-state index in [4.69, 9.17) is 11.6 Å². The van der Waals surface area contributed by atoms with Crippen LogP contribution in [-0.4, -0.2) is 14.5 Å². The first-order valence-electron chi connectivity index (χ1n) is 5.35. The lowest BCUT2D eigenvalue weighted by atomic mass is 10.3. The molecule has 0 saturated carbocycles. The predicted octanol–water partition coefficient (Wildman–Crippen LogP) is 3.42. The Hall–Kier alpha value is -1.46. The van der Waals surface area contributed by atoms with E-state index in [0.717, 1.165) is 22.6 Å². The minimum Gasteiger partial charge on any atom is -0.321 e. The van der Waals surface area contributed by atoms with Gasteiger partial charge in [-0.25, -0.2) is 14.4 Å². The van der Waals surface area contributed by atoms with E-state index in [1.54, 1.807) is 11.6 Å². The molecular formula is C12H9ClFN3S. The standard InChI is InChI=1S/C12H9ClFN3S/c13-4-12-16-10-2-1-8(14)3-11(10)17(12)5-9-6-18-7-15-9/h1-3,6-7H,4-5H2. The van der Waals surface area contributed by atoms with Crippen molar-refractivity contribution in [3.63, 3.8) is 0 Å². The fraction of sp³-hybridized carbons (Fsp3) is 0.167. The second-order valence-electron chi connectivity index (χ2n) is 3.86. The fourth-order valence-electron chi connectivity index (χ4n) is 1.90. The van der Waals surface area contributed by atoms with Gasteiger partial charge < -0.3 is 4.57 Å². The number of fused-ring (bicyclic) bond motifs is 1. The molecule has 18 heavy (non-hydrogen) atoms. The van der Waals surface area contributed by atoms with Crippen LogP contribution in [0.2, 0.25) is 0 Å². The normalized spacial score (nSPS) is 11.2. The lowest BCUT2D eigenvalue weighted by molar-refractivity contribution is 0.628. The quantitative estimate of drug-likeness (QED) is 0.689. The van der Waals surface area contributed by atoms with Crippen molar-refractivity contribution in [2.24, 2.45) is 0 Å². The summed E-state index contributed by atoms with van der Waals surface area (Å²) in [5.41, 5.74) is 4.20. The van der Waals surface area contributed by atoms with Crippen molar-refractivity contribution < 1.29 is 4.39 Å². The molecule has 0 aliphatic carbocycles. The van der Waals surface area contributed by atoms with Gasteiger partial charge in [0.15, 0.2) is 0 Å². The highest BCUT2D eigenvalue weighted by molar-refractivity contribution is 7.07. The molecule has 2 aromatic heterocycles. The van der Waals surface area contributed by atoms with Crippen molar-refractivity contribution in [1.29, 1.82) is 0 Å². The van der Waals surface area contributed by atoms with E-state index in [9.17, 15) is 4.39 Å². The Morgan fingerprint density at radius 3 is 3.00 bits per heavy atom. The predicted molar refractivity (Wildman–Crippen MR) is 70.5 cm³/mol. The van der Waals surface area contributed by atoms with Gasteiger partial charge in [0.1, 0.15) is 11.6 Å². The first-order chi connectivity index (χ1) is 8.78. The molecule has 3 aromatic rings. The highest BCUT2D eigenvalue weighted by atomic mass is 35.5. The molecule has 0 unspecified atom stereocenters. The van der Waals surface area contributed by atoms with Gasteiger partial charge in [-0.1, -0.05) is 0 Å². The fourth-order valence-corrected chi connectivity index (χ4v) is 2.66. The van der Waals surface area contributed by atoms with Crippen LogP contribution in [0.3, 0.4) is 0 Å². The number of nitrogens with zero attached hydrogens (tertiary/aromatic N) is 3. The third-order valence-electron chi connectivity index (χ3n) is 2.71. The van der Waals surface area contributed by atoms with Crippen LogP contribution in [0.1, 0.15) is 11.5 Å². The molecule has 0 spiro atoms. The molecule has 0 amide bonds. The minimum absolute atomic E-state index is 0.275. The number of alkyl halides is 1. The van der Waals surface area contributed by atoms with Crippen molar-refractivity contribution in [2.75, 3.05) is 0 Å². The average molecular weight is 282 g/mol. The van der Waals surface area contributed by atoms with E-state index in [1.807, 2.05) is 9.95 Å². The summed E-state index contributed by atoms with van der Waals surface area (Å²) in [5, 5.41) is 1.96. The van der Waals surface area contributed by atoms with Gasteiger partial charge in [-0.05, 0) is 18.2 Å². The summed E-state index contributed by atoms with van der Waals surface area (Å²) in [5.74, 6) is 0.744.